The first-order valence-electron chi connectivity index (χ1n) is 8.29. The molecule has 6 heteroatoms. The fourth-order valence-corrected chi connectivity index (χ4v) is 3.03. The lowest BCUT2D eigenvalue weighted by Gasteiger charge is -2.22. The Morgan fingerprint density at radius 1 is 1.12 bits per heavy atom. The SMILES string of the molecule is Cc1ccc(NC(=O)c2ccc(NC3CCCCC3)nn2)cc1Cl. The van der Waals surface area contributed by atoms with E-state index in [4.69, 9.17) is 11.6 Å². The van der Waals surface area contributed by atoms with Crippen LogP contribution in [0.4, 0.5) is 11.5 Å². The summed E-state index contributed by atoms with van der Waals surface area (Å²) in [6, 6.07) is 9.35. The second kappa shape index (κ2) is 7.62. The Hall–Kier alpha value is -2.14. The predicted molar refractivity (Wildman–Crippen MR) is 96.7 cm³/mol. The van der Waals surface area contributed by atoms with E-state index in [1.165, 1.54) is 19.3 Å². The van der Waals surface area contributed by atoms with Gasteiger partial charge in [-0.05, 0) is 49.6 Å². The fourth-order valence-electron chi connectivity index (χ4n) is 2.85. The summed E-state index contributed by atoms with van der Waals surface area (Å²) in [5, 5.41) is 14.9. The molecular weight excluding hydrogens is 324 g/mol. The van der Waals surface area contributed by atoms with Crippen molar-refractivity contribution in [1.82, 2.24) is 10.2 Å². The monoisotopic (exact) mass is 344 g/mol. The lowest BCUT2D eigenvalue weighted by molar-refractivity contribution is 0.102. The van der Waals surface area contributed by atoms with Gasteiger partial charge in [0, 0.05) is 16.8 Å². The molecule has 0 saturated heterocycles. The van der Waals surface area contributed by atoms with Crippen LogP contribution in [0.1, 0.15) is 48.2 Å². The lowest BCUT2D eigenvalue weighted by Crippen LogP contribution is -2.23. The zero-order valence-electron chi connectivity index (χ0n) is 13.7. The maximum atomic E-state index is 12.2. The number of anilines is 2. The molecule has 126 valence electrons. The number of aryl methyl sites for hydroxylation is 1. The number of nitrogens with one attached hydrogen (secondary N) is 2. The number of carbonyl (C=O) groups is 1. The molecule has 1 aliphatic rings. The number of aromatic nitrogens is 2. The first-order valence-corrected chi connectivity index (χ1v) is 8.67. The number of carbonyl (C=O) groups excluding carboxylic acids is 1. The third-order valence-electron chi connectivity index (χ3n) is 4.28. The molecule has 1 amide bonds. The molecule has 5 nitrogen and oxygen atoms in total. The van der Waals surface area contributed by atoms with Crippen molar-refractivity contribution in [1.29, 1.82) is 0 Å². The zero-order valence-corrected chi connectivity index (χ0v) is 14.4. The van der Waals surface area contributed by atoms with Gasteiger partial charge in [-0.25, -0.2) is 0 Å². The Balaban J connectivity index is 1.61. The van der Waals surface area contributed by atoms with Crippen LogP contribution in [0.25, 0.3) is 0 Å². The summed E-state index contributed by atoms with van der Waals surface area (Å²) in [6.07, 6.45) is 6.15. The Morgan fingerprint density at radius 2 is 1.92 bits per heavy atom. The minimum absolute atomic E-state index is 0.279. The number of rotatable bonds is 4. The molecule has 0 bridgehead atoms. The summed E-state index contributed by atoms with van der Waals surface area (Å²) in [6.45, 7) is 1.91. The molecule has 1 fully saturated rings. The van der Waals surface area contributed by atoms with Gasteiger partial charge in [-0.15, -0.1) is 10.2 Å². The van der Waals surface area contributed by atoms with Crippen LogP contribution in [0.15, 0.2) is 30.3 Å². The van der Waals surface area contributed by atoms with Gasteiger partial charge < -0.3 is 10.6 Å². The van der Waals surface area contributed by atoms with Gasteiger partial charge in [0.05, 0.1) is 0 Å². The molecule has 2 aromatic rings. The highest BCUT2D eigenvalue weighted by Crippen LogP contribution is 2.21. The Kier molecular flexibility index (Phi) is 5.30. The highest BCUT2D eigenvalue weighted by atomic mass is 35.5. The van der Waals surface area contributed by atoms with Crippen LogP contribution in [0.5, 0.6) is 0 Å². The van der Waals surface area contributed by atoms with Crippen LogP contribution in [0.3, 0.4) is 0 Å². The standard InChI is InChI=1S/C18H21ClN4O/c1-12-7-8-14(11-15(12)19)21-18(24)16-9-10-17(23-22-16)20-13-5-3-2-4-6-13/h7-11,13H,2-6H2,1H3,(H,20,23)(H,21,24). The average Bonchev–Trinajstić information content (AvgIpc) is 2.60. The van der Waals surface area contributed by atoms with Gasteiger partial charge in [0.2, 0.25) is 0 Å². The van der Waals surface area contributed by atoms with E-state index in [2.05, 4.69) is 20.8 Å². The zero-order chi connectivity index (χ0) is 16.9. The van der Waals surface area contributed by atoms with Gasteiger partial charge in [-0.2, -0.15) is 0 Å². The van der Waals surface area contributed by atoms with Gasteiger partial charge in [0.15, 0.2) is 5.69 Å². The topological polar surface area (TPSA) is 66.9 Å². The maximum Gasteiger partial charge on any atom is 0.276 e. The molecule has 0 aliphatic heterocycles. The van der Waals surface area contributed by atoms with Crippen LogP contribution in [0.2, 0.25) is 5.02 Å². The van der Waals surface area contributed by atoms with E-state index in [0.717, 1.165) is 24.2 Å². The lowest BCUT2D eigenvalue weighted by atomic mass is 9.95. The number of benzene rings is 1. The Labute approximate surface area is 146 Å². The van der Waals surface area contributed by atoms with Crippen molar-refractivity contribution in [2.75, 3.05) is 10.6 Å². The van der Waals surface area contributed by atoms with Gasteiger partial charge in [-0.3, -0.25) is 4.79 Å². The van der Waals surface area contributed by atoms with Crippen molar-refractivity contribution in [3.63, 3.8) is 0 Å². The molecule has 1 aliphatic carbocycles. The molecule has 1 saturated carbocycles. The quantitative estimate of drug-likeness (QED) is 0.860. The van der Waals surface area contributed by atoms with E-state index in [1.54, 1.807) is 18.2 Å². The van der Waals surface area contributed by atoms with Gasteiger partial charge in [0.25, 0.3) is 5.91 Å². The summed E-state index contributed by atoms with van der Waals surface area (Å²) >= 11 is 6.07. The van der Waals surface area contributed by atoms with E-state index in [0.29, 0.717) is 16.8 Å². The summed E-state index contributed by atoms with van der Waals surface area (Å²) in [5.41, 5.74) is 1.88. The van der Waals surface area contributed by atoms with Crippen molar-refractivity contribution in [2.24, 2.45) is 0 Å². The average molecular weight is 345 g/mol. The third kappa shape index (κ3) is 4.23. The number of amides is 1. The molecule has 3 rings (SSSR count). The first-order chi connectivity index (χ1) is 11.6. The van der Waals surface area contributed by atoms with Gasteiger partial charge >= 0.3 is 0 Å². The molecule has 0 radical (unpaired) electrons. The predicted octanol–water partition coefficient (Wildman–Crippen LogP) is 4.44. The maximum absolute atomic E-state index is 12.2. The van der Waals surface area contributed by atoms with Crippen molar-refractivity contribution < 1.29 is 4.79 Å². The van der Waals surface area contributed by atoms with Crippen LogP contribution in [-0.2, 0) is 0 Å². The van der Waals surface area contributed by atoms with Crippen LogP contribution < -0.4 is 10.6 Å². The minimum Gasteiger partial charge on any atom is -0.366 e. The van der Waals surface area contributed by atoms with Gasteiger partial charge in [-0.1, -0.05) is 36.9 Å². The van der Waals surface area contributed by atoms with Crippen LogP contribution in [0, 0.1) is 6.92 Å². The summed E-state index contributed by atoms with van der Waals surface area (Å²) in [4.78, 5) is 12.2. The molecule has 1 heterocycles. The van der Waals surface area contributed by atoms with E-state index in [-0.39, 0.29) is 11.6 Å². The highest BCUT2D eigenvalue weighted by Gasteiger charge is 2.14. The largest absolute Gasteiger partial charge is 0.366 e. The minimum atomic E-state index is -0.299. The van der Waals surface area contributed by atoms with Crippen molar-refractivity contribution in [3.8, 4) is 0 Å². The van der Waals surface area contributed by atoms with E-state index in [9.17, 15) is 4.79 Å². The first kappa shape index (κ1) is 16.7. The third-order valence-corrected chi connectivity index (χ3v) is 4.69. The Morgan fingerprint density at radius 3 is 2.58 bits per heavy atom. The second-order valence-electron chi connectivity index (χ2n) is 6.20. The summed E-state index contributed by atoms with van der Waals surface area (Å²) in [7, 11) is 0. The number of nitrogens with zero attached hydrogens (tertiary/aromatic N) is 2. The molecule has 0 atom stereocenters. The highest BCUT2D eigenvalue weighted by molar-refractivity contribution is 6.31. The van der Waals surface area contributed by atoms with E-state index in [1.807, 2.05) is 19.1 Å². The van der Waals surface area contributed by atoms with E-state index >= 15 is 0 Å². The van der Waals surface area contributed by atoms with E-state index < -0.39 is 0 Å². The summed E-state index contributed by atoms with van der Waals surface area (Å²) in [5.74, 6) is 0.420. The molecule has 1 aromatic heterocycles. The normalized spacial score (nSPS) is 15.1. The second-order valence-corrected chi connectivity index (χ2v) is 6.61. The molecule has 1 aromatic carbocycles. The van der Waals surface area contributed by atoms with Crippen molar-refractivity contribution in [2.45, 2.75) is 45.1 Å². The van der Waals surface area contributed by atoms with Crippen LogP contribution in [-0.4, -0.2) is 22.1 Å². The molecule has 0 unspecified atom stereocenters. The fraction of sp³-hybridized carbons (Fsp3) is 0.389. The molecule has 2 N–H and O–H groups in total. The van der Waals surface area contributed by atoms with Gasteiger partial charge in [0.1, 0.15) is 5.82 Å². The summed E-state index contributed by atoms with van der Waals surface area (Å²) < 4.78 is 0. The van der Waals surface area contributed by atoms with Crippen molar-refractivity contribution in [3.05, 3.63) is 46.6 Å². The molecule has 0 spiro atoms. The number of hydrogen-bond donors (Lipinski definition) is 2. The van der Waals surface area contributed by atoms with Crippen LogP contribution >= 0.6 is 11.6 Å². The number of halogens is 1. The smallest absolute Gasteiger partial charge is 0.276 e. The molecule has 24 heavy (non-hydrogen) atoms. The van der Waals surface area contributed by atoms with Crippen molar-refractivity contribution >= 4 is 29.0 Å². The molecular formula is C18H21ClN4O. The number of hydrogen-bond acceptors (Lipinski definition) is 4. The Bertz CT molecular complexity index is 711.